The van der Waals surface area contributed by atoms with Gasteiger partial charge in [0.25, 0.3) is 5.91 Å². The molecule has 0 aliphatic rings. The van der Waals surface area contributed by atoms with E-state index in [2.05, 4.69) is 21.2 Å². The second-order valence-corrected chi connectivity index (χ2v) is 4.94. The van der Waals surface area contributed by atoms with E-state index in [1.807, 2.05) is 0 Å². The smallest absolute Gasteiger partial charge is 0.339 e. The monoisotopic (exact) mass is 353 g/mol. The quantitative estimate of drug-likeness (QED) is 0.739. The first-order valence-electron chi connectivity index (χ1n) is 5.72. The van der Waals surface area contributed by atoms with Crippen LogP contribution in [0.15, 0.2) is 40.9 Å². The molecule has 21 heavy (non-hydrogen) atoms. The first kappa shape index (κ1) is 15.0. The average molecular weight is 354 g/mol. The van der Waals surface area contributed by atoms with Gasteiger partial charge in [0.05, 0.1) is 5.56 Å². The first-order chi connectivity index (χ1) is 9.90. The predicted octanol–water partition coefficient (Wildman–Crippen LogP) is 3.24. The number of benzene rings is 2. The number of phenols is 1. The Morgan fingerprint density at radius 2 is 1.90 bits per heavy atom. The summed E-state index contributed by atoms with van der Waals surface area (Å²) in [6, 6.07) is 7.63. The van der Waals surface area contributed by atoms with Gasteiger partial charge in [0, 0.05) is 10.2 Å². The molecule has 0 aliphatic carbocycles. The number of carboxylic acid groups (broad SMARTS) is 1. The molecule has 0 unspecified atom stereocenters. The zero-order chi connectivity index (χ0) is 15.6. The van der Waals surface area contributed by atoms with Crippen molar-refractivity contribution in [3.05, 3.63) is 57.8 Å². The number of carboxylic acids is 1. The van der Waals surface area contributed by atoms with Crippen molar-refractivity contribution in [1.82, 2.24) is 0 Å². The van der Waals surface area contributed by atoms with Crippen molar-refractivity contribution in [2.45, 2.75) is 0 Å². The molecule has 2 aromatic rings. The fourth-order valence-corrected chi connectivity index (χ4v) is 2.22. The summed E-state index contributed by atoms with van der Waals surface area (Å²) in [5.41, 5.74) is -0.423. The second kappa shape index (κ2) is 5.92. The highest BCUT2D eigenvalue weighted by Gasteiger charge is 2.17. The lowest BCUT2D eigenvalue weighted by molar-refractivity contribution is 0.0693. The Morgan fingerprint density at radius 1 is 1.19 bits per heavy atom. The van der Waals surface area contributed by atoms with Crippen LogP contribution < -0.4 is 5.32 Å². The molecular weight excluding hydrogens is 345 g/mol. The molecule has 0 bridgehead atoms. The van der Waals surface area contributed by atoms with E-state index >= 15 is 0 Å². The highest BCUT2D eigenvalue weighted by molar-refractivity contribution is 9.10. The highest BCUT2D eigenvalue weighted by atomic mass is 79.9. The Hall–Kier alpha value is -2.41. The topological polar surface area (TPSA) is 86.6 Å². The van der Waals surface area contributed by atoms with E-state index in [-0.39, 0.29) is 21.3 Å². The first-order valence-corrected chi connectivity index (χ1v) is 6.51. The van der Waals surface area contributed by atoms with Gasteiger partial charge in [0.2, 0.25) is 0 Å². The van der Waals surface area contributed by atoms with Gasteiger partial charge in [0.15, 0.2) is 0 Å². The summed E-state index contributed by atoms with van der Waals surface area (Å²) < 4.78 is 13.9. The maximum absolute atomic E-state index is 13.7. The van der Waals surface area contributed by atoms with Crippen molar-refractivity contribution >= 4 is 33.5 Å². The lowest BCUT2D eigenvalue weighted by atomic mass is 10.1. The molecule has 0 aromatic heterocycles. The van der Waals surface area contributed by atoms with Crippen molar-refractivity contribution in [2.75, 3.05) is 5.32 Å². The molecule has 0 fully saturated rings. The standard InChI is InChI=1S/C14H9BrFNO4/c15-9-2-1-3-10(16)12(9)13(19)17-7-4-5-11(18)8(6-7)14(20)21/h1-6,18H,(H,17,19)(H,20,21). The van der Waals surface area contributed by atoms with Crippen molar-refractivity contribution < 1.29 is 24.2 Å². The van der Waals surface area contributed by atoms with Crippen molar-refractivity contribution in [2.24, 2.45) is 0 Å². The van der Waals surface area contributed by atoms with E-state index in [1.54, 1.807) is 0 Å². The predicted molar refractivity (Wildman–Crippen MR) is 77.1 cm³/mol. The molecule has 0 saturated heterocycles. The van der Waals surface area contributed by atoms with E-state index in [1.165, 1.54) is 18.2 Å². The molecule has 3 N–H and O–H groups in total. The third-order valence-corrected chi connectivity index (χ3v) is 3.34. The minimum Gasteiger partial charge on any atom is -0.507 e. The minimum atomic E-state index is -1.34. The van der Waals surface area contributed by atoms with Gasteiger partial charge in [-0.3, -0.25) is 4.79 Å². The van der Waals surface area contributed by atoms with Crippen LogP contribution >= 0.6 is 15.9 Å². The van der Waals surface area contributed by atoms with Gasteiger partial charge in [-0.1, -0.05) is 6.07 Å². The number of carbonyl (C=O) groups excluding carboxylic acids is 1. The van der Waals surface area contributed by atoms with Gasteiger partial charge in [-0.05, 0) is 46.3 Å². The Bertz CT molecular complexity index is 713. The van der Waals surface area contributed by atoms with E-state index in [9.17, 15) is 19.1 Å². The SMILES string of the molecule is O=C(O)c1cc(NC(=O)c2c(F)cccc2Br)ccc1O. The number of rotatable bonds is 3. The molecule has 2 aromatic carbocycles. The molecule has 0 radical (unpaired) electrons. The van der Waals surface area contributed by atoms with Gasteiger partial charge in [-0.25, -0.2) is 9.18 Å². The number of carbonyl (C=O) groups is 2. The van der Waals surface area contributed by atoms with E-state index in [0.29, 0.717) is 0 Å². The zero-order valence-electron chi connectivity index (χ0n) is 10.4. The molecule has 7 heteroatoms. The summed E-state index contributed by atoms with van der Waals surface area (Å²) in [6.45, 7) is 0. The number of halogens is 2. The third kappa shape index (κ3) is 3.19. The van der Waals surface area contributed by atoms with Crippen LogP contribution in [-0.4, -0.2) is 22.1 Å². The normalized spacial score (nSPS) is 10.2. The van der Waals surface area contributed by atoms with Crippen LogP contribution in [0.5, 0.6) is 5.75 Å². The fourth-order valence-electron chi connectivity index (χ4n) is 1.69. The maximum Gasteiger partial charge on any atom is 0.339 e. The van der Waals surface area contributed by atoms with Gasteiger partial charge < -0.3 is 15.5 Å². The number of amides is 1. The molecule has 0 spiro atoms. The van der Waals surface area contributed by atoms with Gasteiger partial charge in [-0.15, -0.1) is 0 Å². The number of nitrogens with one attached hydrogen (secondary N) is 1. The molecule has 0 atom stereocenters. The number of anilines is 1. The highest BCUT2D eigenvalue weighted by Crippen LogP contribution is 2.24. The summed E-state index contributed by atoms with van der Waals surface area (Å²) in [5, 5.41) is 20.7. The van der Waals surface area contributed by atoms with E-state index in [0.717, 1.165) is 18.2 Å². The van der Waals surface area contributed by atoms with E-state index in [4.69, 9.17) is 5.11 Å². The molecule has 5 nitrogen and oxygen atoms in total. The zero-order valence-corrected chi connectivity index (χ0v) is 12.0. The largest absolute Gasteiger partial charge is 0.507 e. The van der Waals surface area contributed by atoms with Gasteiger partial charge in [0.1, 0.15) is 17.1 Å². The number of aromatic carboxylic acids is 1. The Kier molecular flexibility index (Phi) is 4.23. The summed E-state index contributed by atoms with van der Waals surface area (Å²) in [4.78, 5) is 22.9. The second-order valence-electron chi connectivity index (χ2n) is 4.09. The summed E-state index contributed by atoms with van der Waals surface area (Å²) in [5.74, 6) is -3.20. The minimum absolute atomic E-state index is 0.130. The lowest BCUT2D eigenvalue weighted by Crippen LogP contribution is -2.15. The van der Waals surface area contributed by atoms with Crippen LogP contribution in [-0.2, 0) is 0 Å². The Labute approximate surface area is 127 Å². The van der Waals surface area contributed by atoms with Gasteiger partial charge in [-0.2, -0.15) is 0 Å². The summed E-state index contributed by atoms with van der Waals surface area (Å²) >= 11 is 3.08. The summed E-state index contributed by atoms with van der Waals surface area (Å²) in [7, 11) is 0. The number of hydrogen-bond donors (Lipinski definition) is 3. The van der Waals surface area contributed by atoms with Crippen LogP contribution in [0.4, 0.5) is 10.1 Å². The molecule has 1 amide bonds. The maximum atomic E-state index is 13.7. The molecule has 0 heterocycles. The van der Waals surface area contributed by atoms with Crippen molar-refractivity contribution in [1.29, 1.82) is 0 Å². The van der Waals surface area contributed by atoms with Crippen LogP contribution in [0.3, 0.4) is 0 Å². The van der Waals surface area contributed by atoms with E-state index < -0.39 is 23.4 Å². The lowest BCUT2D eigenvalue weighted by Gasteiger charge is -2.09. The molecule has 2 rings (SSSR count). The number of aromatic hydroxyl groups is 1. The summed E-state index contributed by atoms with van der Waals surface area (Å²) in [6.07, 6.45) is 0. The van der Waals surface area contributed by atoms with Crippen molar-refractivity contribution in [3.8, 4) is 5.75 Å². The van der Waals surface area contributed by atoms with Crippen LogP contribution in [0.1, 0.15) is 20.7 Å². The van der Waals surface area contributed by atoms with Gasteiger partial charge >= 0.3 is 5.97 Å². The third-order valence-electron chi connectivity index (χ3n) is 2.67. The molecule has 0 aliphatic heterocycles. The number of hydrogen-bond acceptors (Lipinski definition) is 3. The molecule has 0 saturated carbocycles. The Morgan fingerprint density at radius 3 is 2.52 bits per heavy atom. The fraction of sp³-hybridized carbons (Fsp3) is 0. The average Bonchev–Trinajstić information content (AvgIpc) is 2.40. The molecular formula is C14H9BrFNO4. The van der Waals surface area contributed by atoms with Crippen molar-refractivity contribution in [3.63, 3.8) is 0 Å². The van der Waals surface area contributed by atoms with Crippen LogP contribution in [0.25, 0.3) is 0 Å². The van der Waals surface area contributed by atoms with Crippen LogP contribution in [0.2, 0.25) is 0 Å². The van der Waals surface area contributed by atoms with Crippen LogP contribution in [0, 0.1) is 5.82 Å². The molecule has 108 valence electrons. The Balaban J connectivity index is 2.32.